The standard InChI is InChI=1S/C8H8N10S/c9-17-5-14-6(18-4-10-3-13-18)16-8(15-5)19-7-11-1-2-12-7/h1-4H,9H2,(H,11,12)(H,14,15,16,17). The molecule has 0 bridgehead atoms. The molecule has 0 spiro atoms. The maximum absolute atomic E-state index is 5.33. The molecule has 0 aliphatic heterocycles. The normalized spacial score (nSPS) is 10.6. The first-order valence-electron chi connectivity index (χ1n) is 5.10. The third-order valence-corrected chi connectivity index (χ3v) is 2.80. The van der Waals surface area contributed by atoms with Crippen molar-refractivity contribution >= 4 is 17.7 Å². The fraction of sp³-hybridized carbons (Fsp3) is 0. The van der Waals surface area contributed by atoms with Gasteiger partial charge in [0.2, 0.25) is 11.1 Å². The molecule has 0 radical (unpaired) electrons. The first-order valence-corrected chi connectivity index (χ1v) is 5.92. The summed E-state index contributed by atoms with van der Waals surface area (Å²) in [6.45, 7) is 0. The van der Waals surface area contributed by atoms with Crippen LogP contribution in [0.2, 0.25) is 0 Å². The Morgan fingerprint density at radius 3 is 2.95 bits per heavy atom. The highest BCUT2D eigenvalue weighted by Gasteiger charge is 2.10. The van der Waals surface area contributed by atoms with E-state index in [1.807, 2.05) is 0 Å². The van der Waals surface area contributed by atoms with E-state index in [1.165, 1.54) is 29.1 Å². The first-order chi connectivity index (χ1) is 9.35. The van der Waals surface area contributed by atoms with Crippen molar-refractivity contribution in [3.8, 4) is 5.95 Å². The molecule has 0 aromatic carbocycles. The molecular weight excluding hydrogens is 268 g/mol. The molecule has 0 saturated carbocycles. The topological polar surface area (TPSA) is 136 Å². The van der Waals surface area contributed by atoms with Gasteiger partial charge in [0.25, 0.3) is 5.95 Å². The van der Waals surface area contributed by atoms with Crippen LogP contribution in [-0.2, 0) is 0 Å². The summed E-state index contributed by atoms with van der Waals surface area (Å²) in [5, 5.41) is 5.05. The van der Waals surface area contributed by atoms with Crippen molar-refractivity contribution in [2.75, 3.05) is 5.43 Å². The summed E-state index contributed by atoms with van der Waals surface area (Å²) in [5.74, 6) is 5.88. The van der Waals surface area contributed by atoms with E-state index in [0.717, 1.165) is 0 Å². The minimum absolute atomic E-state index is 0.231. The van der Waals surface area contributed by atoms with Crippen LogP contribution in [0, 0.1) is 0 Å². The van der Waals surface area contributed by atoms with Gasteiger partial charge < -0.3 is 4.98 Å². The smallest absolute Gasteiger partial charge is 0.257 e. The molecule has 3 heterocycles. The van der Waals surface area contributed by atoms with Crippen LogP contribution in [-0.4, -0.2) is 39.7 Å². The molecule has 0 fully saturated rings. The minimum Gasteiger partial charge on any atom is -0.339 e. The summed E-state index contributed by atoms with van der Waals surface area (Å²) in [4.78, 5) is 23.3. The number of nitrogens with two attached hydrogens (primary N) is 1. The van der Waals surface area contributed by atoms with Gasteiger partial charge in [0.15, 0.2) is 5.16 Å². The lowest BCUT2D eigenvalue weighted by molar-refractivity contribution is 0.758. The van der Waals surface area contributed by atoms with Crippen LogP contribution < -0.4 is 11.3 Å². The van der Waals surface area contributed by atoms with Crippen LogP contribution in [0.4, 0.5) is 5.95 Å². The second kappa shape index (κ2) is 4.99. The zero-order chi connectivity index (χ0) is 13.1. The van der Waals surface area contributed by atoms with E-state index in [1.54, 1.807) is 12.4 Å². The quantitative estimate of drug-likeness (QED) is 0.430. The van der Waals surface area contributed by atoms with Gasteiger partial charge in [0.1, 0.15) is 12.7 Å². The van der Waals surface area contributed by atoms with Crippen LogP contribution in [0.3, 0.4) is 0 Å². The highest BCUT2D eigenvalue weighted by Crippen LogP contribution is 2.21. The molecule has 3 rings (SSSR count). The molecule has 0 atom stereocenters. The van der Waals surface area contributed by atoms with E-state index in [4.69, 9.17) is 5.84 Å². The number of aromatic nitrogens is 8. The Hall–Kier alpha value is -2.53. The van der Waals surface area contributed by atoms with Crippen molar-refractivity contribution < 1.29 is 0 Å². The number of H-pyrrole nitrogens is 1. The van der Waals surface area contributed by atoms with Gasteiger partial charge in [-0.1, -0.05) is 0 Å². The number of hydrogen-bond acceptors (Lipinski definition) is 9. The Kier molecular flexibility index (Phi) is 3.04. The second-order valence-corrected chi connectivity index (χ2v) is 4.18. The highest BCUT2D eigenvalue weighted by molar-refractivity contribution is 7.99. The molecule has 96 valence electrons. The van der Waals surface area contributed by atoms with E-state index in [0.29, 0.717) is 16.3 Å². The first kappa shape index (κ1) is 11.6. The van der Waals surface area contributed by atoms with Gasteiger partial charge in [-0.15, -0.1) is 0 Å². The Labute approximate surface area is 110 Å². The van der Waals surface area contributed by atoms with Gasteiger partial charge in [-0.25, -0.2) is 15.8 Å². The minimum atomic E-state index is 0.231. The van der Waals surface area contributed by atoms with Gasteiger partial charge in [-0.3, -0.25) is 5.43 Å². The van der Waals surface area contributed by atoms with Gasteiger partial charge in [0.05, 0.1) is 0 Å². The number of hydrogen-bond donors (Lipinski definition) is 3. The lowest BCUT2D eigenvalue weighted by atomic mass is 10.8. The summed E-state index contributed by atoms with van der Waals surface area (Å²) in [6.07, 6.45) is 6.23. The Bertz CT molecular complexity index is 648. The van der Waals surface area contributed by atoms with Gasteiger partial charge in [0, 0.05) is 12.4 Å². The summed E-state index contributed by atoms with van der Waals surface area (Å²) < 4.78 is 1.41. The molecule has 0 amide bonds. The molecule has 11 heteroatoms. The molecule has 3 aromatic rings. The number of hydrazine groups is 1. The summed E-state index contributed by atoms with van der Waals surface area (Å²) in [5.41, 5.74) is 2.38. The van der Waals surface area contributed by atoms with Crippen LogP contribution in [0.5, 0.6) is 0 Å². The van der Waals surface area contributed by atoms with Gasteiger partial charge in [-0.2, -0.15) is 24.7 Å². The van der Waals surface area contributed by atoms with Crippen molar-refractivity contribution in [1.29, 1.82) is 0 Å². The monoisotopic (exact) mass is 276 g/mol. The van der Waals surface area contributed by atoms with E-state index in [2.05, 4.69) is 40.4 Å². The molecule has 0 saturated heterocycles. The largest absolute Gasteiger partial charge is 0.339 e. The Morgan fingerprint density at radius 2 is 2.26 bits per heavy atom. The molecule has 3 aromatic heterocycles. The van der Waals surface area contributed by atoms with Crippen molar-refractivity contribution in [1.82, 2.24) is 39.7 Å². The predicted molar refractivity (Wildman–Crippen MR) is 65.3 cm³/mol. The Morgan fingerprint density at radius 1 is 1.32 bits per heavy atom. The molecule has 0 unspecified atom stereocenters. The molecule has 0 aliphatic rings. The Balaban J connectivity index is 1.98. The number of nitrogen functional groups attached to an aromatic ring is 1. The van der Waals surface area contributed by atoms with Crippen LogP contribution in [0.15, 0.2) is 35.4 Å². The van der Waals surface area contributed by atoms with Crippen molar-refractivity contribution in [3.63, 3.8) is 0 Å². The zero-order valence-corrected chi connectivity index (χ0v) is 10.2. The average Bonchev–Trinajstić information content (AvgIpc) is 3.11. The lowest BCUT2D eigenvalue weighted by Crippen LogP contribution is -2.14. The summed E-state index contributed by atoms with van der Waals surface area (Å²) in [7, 11) is 0. The SMILES string of the molecule is NNc1nc(Sc2ncc[nH]2)nc(-n2cncn2)n1. The van der Waals surface area contributed by atoms with Crippen molar-refractivity contribution in [2.24, 2.45) is 5.84 Å². The van der Waals surface area contributed by atoms with E-state index in [-0.39, 0.29) is 5.95 Å². The number of aromatic amines is 1. The number of nitrogens with zero attached hydrogens (tertiary/aromatic N) is 7. The predicted octanol–water partition coefficient (Wildman–Crippen LogP) is -0.388. The number of rotatable bonds is 4. The summed E-state index contributed by atoms with van der Waals surface area (Å²) >= 11 is 1.25. The van der Waals surface area contributed by atoms with E-state index < -0.39 is 0 Å². The number of imidazole rings is 1. The lowest BCUT2D eigenvalue weighted by Gasteiger charge is -2.04. The second-order valence-electron chi connectivity index (χ2n) is 3.22. The third kappa shape index (κ3) is 2.51. The molecule has 10 nitrogen and oxygen atoms in total. The number of anilines is 1. The van der Waals surface area contributed by atoms with Crippen molar-refractivity contribution in [3.05, 3.63) is 25.0 Å². The molecule has 4 N–H and O–H groups in total. The molecule has 19 heavy (non-hydrogen) atoms. The molecular formula is C8H8N10S. The van der Waals surface area contributed by atoms with Gasteiger partial charge >= 0.3 is 0 Å². The van der Waals surface area contributed by atoms with E-state index in [9.17, 15) is 0 Å². The third-order valence-electron chi connectivity index (χ3n) is 2.02. The fourth-order valence-corrected chi connectivity index (χ4v) is 1.94. The summed E-state index contributed by atoms with van der Waals surface area (Å²) in [6, 6.07) is 0. The van der Waals surface area contributed by atoms with Crippen LogP contribution in [0.1, 0.15) is 0 Å². The maximum atomic E-state index is 5.33. The zero-order valence-electron chi connectivity index (χ0n) is 9.43. The van der Waals surface area contributed by atoms with Crippen LogP contribution >= 0.6 is 11.8 Å². The highest BCUT2D eigenvalue weighted by atomic mass is 32.2. The fourth-order valence-electron chi connectivity index (χ4n) is 1.26. The average molecular weight is 276 g/mol. The van der Waals surface area contributed by atoms with Crippen LogP contribution in [0.25, 0.3) is 5.95 Å². The molecule has 0 aliphatic carbocycles. The van der Waals surface area contributed by atoms with E-state index >= 15 is 0 Å². The number of nitrogens with one attached hydrogen (secondary N) is 2. The maximum Gasteiger partial charge on any atom is 0.257 e. The van der Waals surface area contributed by atoms with Gasteiger partial charge in [-0.05, 0) is 11.8 Å². The van der Waals surface area contributed by atoms with Crippen molar-refractivity contribution in [2.45, 2.75) is 10.3 Å².